The van der Waals surface area contributed by atoms with E-state index in [1.807, 2.05) is 13.0 Å². The van der Waals surface area contributed by atoms with Crippen molar-refractivity contribution in [3.05, 3.63) is 53.5 Å². The quantitative estimate of drug-likeness (QED) is 0.880. The van der Waals surface area contributed by atoms with Crippen molar-refractivity contribution in [3.63, 3.8) is 0 Å². The molecule has 128 valence electrons. The topological polar surface area (TPSA) is 47.0 Å². The third-order valence-electron chi connectivity index (χ3n) is 4.51. The number of nitrogens with one attached hydrogen (secondary N) is 1. The molecule has 4 heteroatoms. The first-order chi connectivity index (χ1) is 11.6. The maximum absolute atomic E-state index is 6.08. The number of hydrogen-bond donors (Lipinski definition) is 1. The van der Waals surface area contributed by atoms with Gasteiger partial charge >= 0.3 is 0 Å². The Morgan fingerprint density at radius 2 is 2.00 bits per heavy atom. The van der Waals surface area contributed by atoms with Crippen molar-refractivity contribution >= 4 is 5.82 Å². The average molecular weight is 325 g/mol. The van der Waals surface area contributed by atoms with Gasteiger partial charge < -0.3 is 10.1 Å². The minimum absolute atomic E-state index is 0.167. The Bertz CT molecular complexity index is 657. The highest BCUT2D eigenvalue weighted by molar-refractivity contribution is 5.36. The molecule has 0 aliphatic carbocycles. The van der Waals surface area contributed by atoms with E-state index in [0.717, 1.165) is 36.9 Å². The van der Waals surface area contributed by atoms with Gasteiger partial charge in [0.05, 0.1) is 6.10 Å². The first-order valence-electron chi connectivity index (χ1n) is 8.89. The zero-order valence-electron chi connectivity index (χ0n) is 14.8. The van der Waals surface area contributed by atoms with E-state index in [-0.39, 0.29) is 6.10 Å². The molecule has 24 heavy (non-hydrogen) atoms. The fourth-order valence-corrected chi connectivity index (χ4v) is 3.24. The van der Waals surface area contributed by atoms with Gasteiger partial charge in [-0.15, -0.1) is 0 Å². The number of ether oxygens (including phenoxy) is 1. The van der Waals surface area contributed by atoms with Gasteiger partial charge in [-0.2, -0.15) is 0 Å². The van der Waals surface area contributed by atoms with Crippen molar-refractivity contribution in [2.75, 3.05) is 18.5 Å². The van der Waals surface area contributed by atoms with Crippen LogP contribution in [0.5, 0.6) is 0 Å². The van der Waals surface area contributed by atoms with E-state index in [9.17, 15) is 0 Å². The SMILES string of the molecule is Cc1cc(NCC2CCCOC2c2ccccc2)nc(C(C)C)n1. The van der Waals surface area contributed by atoms with E-state index < -0.39 is 0 Å². The lowest BCUT2D eigenvalue weighted by atomic mass is 9.89. The maximum Gasteiger partial charge on any atom is 0.133 e. The van der Waals surface area contributed by atoms with E-state index in [0.29, 0.717) is 11.8 Å². The van der Waals surface area contributed by atoms with Crippen LogP contribution < -0.4 is 5.32 Å². The van der Waals surface area contributed by atoms with Crippen LogP contribution in [0.15, 0.2) is 36.4 Å². The van der Waals surface area contributed by atoms with Gasteiger partial charge in [0.25, 0.3) is 0 Å². The lowest BCUT2D eigenvalue weighted by molar-refractivity contribution is -0.0238. The van der Waals surface area contributed by atoms with Gasteiger partial charge in [-0.1, -0.05) is 44.2 Å². The number of benzene rings is 1. The number of aryl methyl sites for hydroxylation is 1. The van der Waals surface area contributed by atoms with E-state index in [1.165, 1.54) is 12.0 Å². The summed E-state index contributed by atoms with van der Waals surface area (Å²) in [6.45, 7) is 7.99. The van der Waals surface area contributed by atoms with Gasteiger partial charge in [0.2, 0.25) is 0 Å². The zero-order valence-corrected chi connectivity index (χ0v) is 14.8. The number of anilines is 1. The molecule has 2 unspecified atom stereocenters. The fraction of sp³-hybridized carbons (Fsp3) is 0.500. The number of hydrogen-bond acceptors (Lipinski definition) is 4. The Labute approximate surface area is 144 Å². The summed E-state index contributed by atoms with van der Waals surface area (Å²) in [6.07, 6.45) is 2.46. The first-order valence-corrected chi connectivity index (χ1v) is 8.89. The normalized spacial score (nSPS) is 21.0. The van der Waals surface area contributed by atoms with E-state index >= 15 is 0 Å². The van der Waals surface area contributed by atoms with E-state index in [2.05, 4.69) is 59.5 Å². The van der Waals surface area contributed by atoms with Crippen molar-refractivity contribution in [1.82, 2.24) is 9.97 Å². The van der Waals surface area contributed by atoms with Crippen LogP contribution in [0.1, 0.15) is 55.8 Å². The van der Waals surface area contributed by atoms with Crippen LogP contribution in [0.25, 0.3) is 0 Å². The van der Waals surface area contributed by atoms with Gasteiger partial charge in [0.1, 0.15) is 11.6 Å². The molecule has 0 bridgehead atoms. The molecule has 0 saturated carbocycles. The molecule has 1 aromatic heterocycles. The van der Waals surface area contributed by atoms with Crippen LogP contribution in [0.2, 0.25) is 0 Å². The Balaban J connectivity index is 1.70. The van der Waals surface area contributed by atoms with E-state index in [4.69, 9.17) is 4.74 Å². The van der Waals surface area contributed by atoms with Gasteiger partial charge in [0.15, 0.2) is 0 Å². The molecule has 1 aromatic carbocycles. The molecular weight excluding hydrogens is 298 g/mol. The predicted molar refractivity (Wildman–Crippen MR) is 97.2 cm³/mol. The Morgan fingerprint density at radius 1 is 1.21 bits per heavy atom. The lowest BCUT2D eigenvalue weighted by Gasteiger charge is -2.32. The Morgan fingerprint density at radius 3 is 2.75 bits per heavy atom. The van der Waals surface area contributed by atoms with Gasteiger partial charge in [-0.05, 0) is 25.3 Å². The molecule has 4 nitrogen and oxygen atoms in total. The van der Waals surface area contributed by atoms with Crippen molar-refractivity contribution in [1.29, 1.82) is 0 Å². The van der Waals surface area contributed by atoms with Crippen molar-refractivity contribution in [2.24, 2.45) is 5.92 Å². The standard InChI is InChI=1S/C20H27N3O/c1-14(2)20-22-15(3)12-18(23-20)21-13-17-10-7-11-24-19(17)16-8-5-4-6-9-16/h4-6,8-9,12,14,17,19H,7,10-11,13H2,1-3H3,(H,21,22,23). The molecule has 1 aliphatic rings. The molecule has 0 amide bonds. The van der Waals surface area contributed by atoms with Crippen LogP contribution in [0, 0.1) is 12.8 Å². The molecule has 2 aromatic rings. The second-order valence-corrected chi connectivity index (χ2v) is 6.89. The molecular formula is C20H27N3O. The van der Waals surface area contributed by atoms with Crippen LogP contribution in [-0.4, -0.2) is 23.1 Å². The van der Waals surface area contributed by atoms with Crippen LogP contribution in [0.3, 0.4) is 0 Å². The molecule has 2 heterocycles. The Hall–Kier alpha value is -1.94. The minimum Gasteiger partial charge on any atom is -0.373 e. The molecule has 1 aliphatic heterocycles. The number of nitrogens with zero attached hydrogens (tertiary/aromatic N) is 2. The summed E-state index contributed by atoms with van der Waals surface area (Å²) in [4.78, 5) is 9.17. The number of rotatable bonds is 5. The van der Waals surface area contributed by atoms with Gasteiger partial charge in [-0.25, -0.2) is 9.97 Å². The second kappa shape index (κ2) is 7.75. The third-order valence-corrected chi connectivity index (χ3v) is 4.51. The summed E-state index contributed by atoms with van der Waals surface area (Å²) in [6, 6.07) is 12.6. The molecule has 3 rings (SSSR count). The highest BCUT2D eigenvalue weighted by Crippen LogP contribution is 2.33. The molecule has 1 fully saturated rings. The molecule has 2 atom stereocenters. The van der Waals surface area contributed by atoms with Crippen molar-refractivity contribution in [2.45, 2.75) is 45.6 Å². The fourth-order valence-electron chi connectivity index (χ4n) is 3.24. The summed E-state index contributed by atoms with van der Waals surface area (Å²) in [7, 11) is 0. The monoisotopic (exact) mass is 325 g/mol. The predicted octanol–water partition coefficient (Wildman–Crippen LogP) is 4.49. The summed E-state index contributed by atoms with van der Waals surface area (Å²) in [5, 5.41) is 3.52. The molecule has 1 saturated heterocycles. The average Bonchev–Trinajstić information content (AvgIpc) is 2.60. The molecule has 0 spiro atoms. The van der Waals surface area contributed by atoms with Crippen LogP contribution >= 0.6 is 0 Å². The molecule has 0 radical (unpaired) electrons. The molecule has 1 N–H and O–H groups in total. The zero-order chi connectivity index (χ0) is 16.9. The van der Waals surface area contributed by atoms with Crippen LogP contribution in [0.4, 0.5) is 5.82 Å². The minimum atomic E-state index is 0.167. The second-order valence-electron chi connectivity index (χ2n) is 6.89. The highest BCUT2D eigenvalue weighted by Gasteiger charge is 2.27. The van der Waals surface area contributed by atoms with Crippen molar-refractivity contribution < 1.29 is 4.74 Å². The third kappa shape index (κ3) is 4.12. The summed E-state index contributed by atoms with van der Waals surface area (Å²) < 4.78 is 6.08. The van der Waals surface area contributed by atoms with Crippen molar-refractivity contribution in [3.8, 4) is 0 Å². The lowest BCUT2D eigenvalue weighted by Crippen LogP contribution is -2.28. The van der Waals surface area contributed by atoms with Gasteiger partial charge in [-0.3, -0.25) is 0 Å². The van der Waals surface area contributed by atoms with E-state index in [1.54, 1.807) is 0 Å². The largest absolute Gasteiger partial charge is 0.373 e. The number of aromatic nitrogens is 2. The maximum atomic E-state index is 6.08. The van der Waals surface area contributed by atoms with Gasteiger partial charge in [0, 0.05) is 36.7 Å². The first kappa shape index (κ1) is 16.9. The van der Waals surface area contributed by atoms with Crippen LogP contribution in [-0.2, 0) is 4.74 Å². The summed E-state index contributed by atoms with van der Waals surface area (Å²) in [5.41, 5.74) is 2.28. The summed E-state index contributed by atoms with van der Waals surface area (Å²) in [5.74, 6) is 2.61. The highest BCUT2D eigenvalue weighted by atomic mass is 16.5. The summed E-state index contributed by atoms with van der Waals surface area (Å²) >= 11 is 0. The smallest absolute Gasteiger partial charge is 0.133 e. The Kier molecular flexibility index (Phi) is 5.46.